The van der Waals surface area contributed by atoms with Crippen LogP contribution in [0.4, 0.5) is 5.82 Å². The summed E-state index contributed by atoms with van der Waals surface area (Å²) in [6.45, 7) is 1.64. The van der Waals surface area contributed by atoms with E-state index in [4.69, 9.17) is 4.74 Å². The number of fused-ring (bicyclic) bond motifs is 1. The first-order valence-electron chi connectivity index (χ1n) is 7.96. The molecular weight excluding hydrogens is 290 g/mol. The lowest BCUT2D eigenvalue weighted by atomic mass is 9.89. The maximum atomic E-state index is 6.04. The lowest BCUT2D eigenvalue weighted by Gasteiger charge is -2.32. The van der Waals surface area contributed by atoms with Gasteiger partial charge in [-0.05, 0) is 18.4 Å². The Kier molecular flexibility index (Phi) is 3.90. The number of rotatable bonds is 4. The highest BCUT2D eigenvalue weighted by Gasteiger charge is 2.27. The van der Waals surface area contributed by atoms with Crippen molar-refractivity contribution in [2.24, 2.45) is 5.92 Å². The molecule has 4 rings (SSSR count). The number of aromatic amines is 1. The summed E-state index contributed by atoms with van der Waals surface area (Å²) in [5.41, 5.74) is 2.77. The minimum atomic E-state index is 0.136. The van der Waals surface area contributed by atoms with Crippen LogP contribution in [0.2, 0.25) is 0 Å². The van der Waals surface area contributed by atoms with Crippen molar-refractivity contribution in [2.45, 2.75) is 18.9 Å². The Hall–Kier alpha value is -2.47. The van der Waals surface area contributed by atoms with Gasteiger partial charge in [0.2, 0.25) is 0 Å². The molecule has 118 valence electrons. The number of hydrogen-bond acceptors (Lipinski definition) is 5. The summed E-state index contributed by atoms with van der Waals surface area (Å²) in [5.74, 6) is 1.21. The molecule has 0 aliphatic carbocycles. The minimum absolute atomic E-state index is 0.136. The fourth-order valence-corrected chi connectivity index (χ4v) is 3.19. The number of nitrogens with zero attached hydrogens (tertiary/aromatic N) is 3. The molecule has 0 amide bonds. The van der Waals surface area contributed by atoms with E-state index in [-0.39, 0.29) is 6.10 Å². The van der Waals surface area contributed by atoms with Crippen molar-refractivity contribution in [2.75, 3.05) is 18.5 Å². The van der Waals surface area contributed by atoms with Crippen molar-refractivity contribution in [1.29, 1.82) is 0 Å². The van der Waals surface area contributed by atoms with Gasteiger partial charge in [-0.1, -0.05) is 30.3 Å². The van der Waals surface area contributed by atoms with Crippen molar-refractivity contribution >= 4 is 17.0 Å². The van der Waals surface area contributed by atoms with Gasteiger partial charge in [0.15, 0.2) is 11.5 Å². The van der Waals surface area contributed by atoms with Gasteiger partial charge in [0.1, 0.15) is 11.8 Å². The number of H-pyrrole nitrogens is 1. The molecule has 2 N–H and O–H groups in total. The van der Waals surface area contributed by atoms with Crippen LogP contribution < -0.4 is 5.32 Å². The number of hydrogen-bond donors (Lipinski definition) is 2. The molecule has 0 spiro atoms. The minimum Gasteiger partial charge on any atom is -0.373 e. The van der Waals surface area contributed by atoms with Gasteiger partial charge < -0.3 is 15.0 Å². The standard InChI is InChI=1S/C17H19N5O/c1-2-5-12(6-3-1)15-13(7-4-8-23-15)9-18-16-14-17(20-10-19-14)22-11-21-16/h1-3,5-6,10-11,13,15H,4,7-9H2,(H2,18,19,20,21,22). The average Bonchev–Trinajstić information content (AvgIpc) is 3.10. The zero-order valence-electron chi connectivity index (χ0n) is 12.8. The van der Waals surface area contributed by atoms with E-state index in [2.05, 4.69) is 49.5 Å². The summed E-state index contributed by atoms with van der Waals surface area (Å²) in [4.78, 5) is 15.7. The molecule has 1 saturated heterocycles. The molecule has 1 aliphatic rings. The molecule has 2 aromatic heterocycles. The van der Waals surface area contributed by atoms with Gasteiger partial charge in [-0.3, -0.25) is 0 Å². The van der Waals surface area contributed by atoms with Gasteiger partial charge in [-0.15, -0.1) is 0 Å². The van der Waals surface area contributed by atoms with Gasteiger partial charge >= 0.3 is 0 Å². The van der Waals surface area contributed by atoms with E-state index >= 15 is 0 Å². The number of nitrogens with one attached hydrogen (secondary N) is 2. The van der Waals surface area contributed by atoms with Crippen molar-refractivity contribution in [3.63, 3.8) is 0 Å². The Labute approximate surface area is 134 Å². The van der Waals surface area contributed by atoms with Crippen molar-refractivity contribution < 1.29 is 4.74 Å². The van der Waals surface area contributed by atoms with Crippen molar-refractivity contribution in [3.05, 3.63) is 48.5 Å². The topological polar surface area (TPSA) is 75.7 Å². The number of imidazole rings is 1. The Morgan fingerprint density at radius 2 is 2.09 bits per heavy atom. The summed E-state index contributed by atoms with van der Waals surface area (Å²) in [5, 5.41) is 3.44. The van der Waals surface area contributed by atoms with E-state index in [0.29, 0.717) is 11.6 Å². The summed E-state index contributed by atoms with van der Waals surface area (Å²) >= 11 is 0. The molecule has 3 heterocycles. The first-order chi connectivity index (χ1) is 11.4. The second-order valence-corrected chi connectivity index (χ2v) is 5.81. The maximum Gasteiger partial charge on any atom is 0.182 e. The Balaban J connectivity index is 1.51. The first-order valence-corrected chi connectivity index (χ1v) is 7.96. The van der Waals surface area contributed by atoms with E-state index in [0.717, 1.165) is 37.3 Å². The summed E-state index contributed by atoms with van der Waals surface area (Å²) in [6.07, 6.45) is 5.55. The average molecular weight is 309 g/mol. The predicted octanol–water partition coefficient (Wildman–Crippen LogP) is 2.93. The predicted molar refractivity (Wildman–Crippen MR) is 88.0 cm³/mol. The highest BCUT2D eigenvalue weighted by atomic mass is 16.5. The van der Waals surface area contributed by atoms with E-state index in [1.54, 1.807) is 6.33 Å². The van der Waals surface area contributed by atoms with E-state index in [9.17, 15) is 0 Å². The summed E-state index contributed by atoms with van der Waals surface area (Å²) in [6, 6.07) is 10.4. The molecule has 0 bridgehead atoms. The van der Waals surface area contributed by atoms with Gasteiger partial charge in [0.05, 0.1) is 12.4 Å². The third-order valence-corrected chi connectivity index (χ3v) is 4.33. The Morgan fingerprint density at radius 3 is 3.00 bits per heavy atom. The number of ether oxygens (including phenoxy) is 1. The lowest BCUT2D eigenvalue weighted by Crippen LogP contribution is -2.28. The van der Waals surface area contributed by atoms with Gasteiger partial charge in [0.25, 0.3) is 0 Å². The number of aromatic nitrogens is 4. The largest absolute Gasteiger partial charge is 0.373 e. The van der Waals surface area contributed by atoms with E-state index in [1.807, 2.05) is 6.07 Å². The molecule has 1 aliphatic heterocycles. The molecule has 0 saturated carbocycles. The molecule has 2 atom stereocenters. The van der Waals surface area contributed by atoms with Crippen LogP contribution in [0.25, 0.3) is 11.2 Å². The molecule has 6 heteroatoms. The number of anilines is 1. The SMILES string of the molecule is c1ccc(C2OCCCC2CNc2ncnc3nc[nH]c23)cc1. The highest BCUT2D eigenvalue weighted by molar-refractivity contribution is 5.81. The molecule has 1 fully saturated rings. The Morgan fingerprint density at radius 1 is 1.17 bits per heavy atom. The molecule has 1 aromatic carbocycles. The fraction of sp³-hybridized carbons (Fsp3) is 0.353. The van der Waals surface area contributed by atoms with Crippen LogP contribution in [0, 0.1) is 5.92 Å². The third-order valence-electron chi connectivity index (χ3n) is 4.33. The molecule has 6 nitrogen and oxygen atoms in total. The first kappa shape index (κ1) is 14.1. The quantitative estimate of drug-likeness (QED) is 0.775. The van der Waals surface area contributed by atoms with Crippen LogP contribution in [-0.4, -0.2) is 33.1 Å². The van der Waals surface area contributed by atoms with Gasteiger partial charge in [0, 0.05) is 19.1 Å². The zero-order valence-corrected chi connectivity index (χ0v) is 12.8. The molecule has 0 radical (unpaired) electrons. The normalized spacial score (nSPS) is 21.4. The van der Waals surface area contributed by atoms with Gasteiger partial charge in [-0.25, -0.2) is 15.0 Å². The smallest absolute Gasteiger partial charge is 0.182 e. The maximum absolute atomic E-state index is 6.04. The van der Waals surface area contributed by atoms with Crippen molar-refractivity contribution in [3.8, 4) is 0 Å². The molecule has 23 heavy (non-hydrogen) atoms. The second-order valence-electron chi connectivity index (χ2n) is 5.81. The Bertz CT molecular complexity index is 773. The molecule has 2 unspecified atom stereocenters. The van der Waals surface area contributed by atoms with Crippen LogP contribution >= 0.6 is 0 Å². The molecule has 3 aromatic rings. The molecular formula is C17H19N5O. The second kappa shape index (κ2) is 6.34. The van der Waals surface area contributed by atoms with Crippen LogP contribution in [0.3, 0.4) is 0 Å². The monoisotopic (exact) mass is 309 g/mol. The van der Waals surface area contributed by atoms with Crippen molar-refractivity contribution in [1.82, 2.24) is 19.9 Å². The van der Waals surface area contributed by atoms with E-state index < -0.39 is 0 Å². The zero-order chi connectivity index (χ0) is 15.5. The highest BCUT2D eigenvalue weighted by Crippen LogP contribution is 2.33. The van der Waals surface area contributed by atoms with Crippen LogP contribution in [0.15, 0.2) is 43.0 Å². The van der Waals surface area contributed by atoms with Gasteiger partial charge in [-0.2, -0.15) is 0 Å². The summed E-state index contributed by atoms with van der Waals surface area (Å²) in [7, 11) is 0. The van der Waals surface area contributed by atoms with Crippen LogP contribution in [-0.2, 0) is 4.74 Å². The van der Waals surface area contributed by atoms with E-state index in [1.165, 1.54) is 11.9 Å². The fourth-order valence-electron chi connectivity index (χ4n) is 3.19. The lowest BCUT2D eigenvalue weighted by molar-refractivity contribution is -0.0238. The van der Waals surface area contributed by atoms with Crippen LogP contribution in [0.5, 0.6) is 0 Å². The summed E-state index contributed by atoms with van der Waals surface area (Å²) < 4.78 is 6.04. The third kappa shape index (κ3) is 2.90. The number of benzene rings is 1. The van der Waals surface area contributed by atoms with Crippen LogP contribution in [0.1, 0.15) is 24.5 Å².